The molecule has 1 aromatic carbocycles. The van der Waals surface area contributed by atoms with E-state index in [-0.39, 0.29) is 5.82 Å². The van der Waals surface area contributed by atoms with Crippen molar-refractivity contribution in [2.24, 2.45) is 0 Å². The maximum absolute atomic E-state index is 13.6. The average Bonchev–Trinajstić information content (AvgIpc) is 2.36. The molecule has 1 atom stereocenters. The molecule has 1 aromatic rings. The van der Waals surface area contributed by atoms with Gasteiger partial charge in [-0.25, -0.2) is 4.39 Å². The quantitative estimate of drug-likeness (QED) is 0.707. The molecule has 3 heteroatoms. The maximum atomic E-state index is 13.6. The van der Waals surface area contributed by atoms with E-state index < -0.39 is 0 Å². The Morgan fingerprint density at radius 2 is 2.00 bits per heavy atom. The Kier molecular flexibility index (Phi) is 7.29. The van der Waals surface area contributed by atoms with Gasteiger partial charge in [-0.3, -0.25) is 0 Å². The topological polar surface area (TPSA) is 12.0 Å². The van der Waals surface area contributed by atoms with Gasteiger partial charge in [-0.2, -0.15) is 0 Å². The standard InChI is InChI=1S/C15H23ClFN/c1-3-5-7-14(6-4-2)18-11-12-10-13(16)8-9-15(12)17/h8-10,14,18H,3-7,11H2,1-2H3. The predicted molar refractivity (Wildman–Crippen MR) is 76.5 cm³/mol. The normalized spacial score (nSPS) is 12.7. The summed E-state index contributed by atoms with van der Waals surface area (Å²) in [5.74, 6) is -0.183. The highest BCUT2D eigenvalue weighted by molar-refractivity contribution is 6.30. The van der Waals surface area contributed by atoms with Crippen LogP contribution in [0.2, 0.25) is 5.02 Å². The Morgan fingerprint density at radius 3 is 2.67 bits per heavy atom. The van der Waals surface area contributed by atoms with Crippen LogP contribution in [0.15, 0.2) is 18.2 Å². The van der Waals surface area contributed by atoms with E-state index in [2.05, 4.69) is 19.2 Å². The van der Waals surface area contributed by atoms with Gasteiger partial charge in [0.2, 0.25) is 0 Å². The molecule has 0 fully saturated rings. The van der Waals surface area contributed by atoms with Crippen LogP contribution in [0.3, 0.4) is 0 Å². The van der Waals surface area contributed by atoms with Crippen molar-refractivity contribution in [3.63, 3.8) is 0 Å². The fraction of sp³-hybridized carbons (Fsp3) is 0.600. The third-order valence-electron chi connectivity index (χ3n) is 3.13. The van der Waals surface area contributed by atoms with Gasteiger partial charge >= 0.3 is 0 Å². The first-order chi connectivity index (χ1) is 8.67. The van der Waals surface area contributed by atoms with Gasteiger partial charge in [-0.05, 0) is 31.0 Å². The lowest BCUT2D eigenvalue weighted by molar-refractivity contribution is 0.429. The minimum absolute atomic E-state index is 0.183. The number of benzene rings is 1. The van der Waals surface area contributed by atoms with Gasteiger partial charge in [0.15, 0.2) is 0 Å². The number of hydrogen-bond donors (Lipinski definition) is 1. The van der Waals surface area contributed by atoms with E-state index in [4.69, 9.17) is 11.6 Å². The molecule has 102 valence electrons. The second kappa shape index (κ2) is 8.49. The van der Waals surface area contributed by atoms with Crippen molar-refractivity contribution < 1.29 is 4.39 Å². The van der Waals surface area contributed by atoms with E-state index in [9.17, 15) is 4.39 Å². The molecule has 0 aromatic heterocycles. The first-order valence-corrected chi connectivity index (χ1v) is 7.22. The van der Waals surface area contributed by atoms with Crippen molar-refractivity contribution in [1.29, 1.82) is 0 Å². The first-order valence-electron chi connectivity index (χ1n) is 6.84. The molecule has 0 amide bonds. The van der Waals surface area contributed by atoms with Crippen LogP contribution in [0.4, 0.5) is 4.39 Å². The summed E-state index contributed by atoms with van der Waals surface area (Å²) in [4.78, 5) is 0. The molecule has 1 N–H and O–H groups in total. The van der Waals surface area contributed by atoms with Crippen LogP contribution in [0, 0.1) is 5.82 Å². The Bertz CT molecular complexity index is 354. The molecule has 1 unspecified atom stereocenters. The monoisotopic (exact) mass is 271 g/mol. The largest absolute Gasteiger partial charge is 0.310 e. The van der Waals surface area contributed by atoms with Crippen LogP contribution >= 0.6 is 11.6 Å². The molecule has 0 aliphatic heterocycles. The third-order valence-corrected chi connectivity index (χ3v) is 3.37. The molecule has 0 saturated heterocycles. The van der Waals surface area contributed by atoms with Crippen molar-refractivity contribution >= 4 is 11.6 Å². The van der Waals surface area contributed by atoms with Crippen LogP contribution in [0.5, 0.6) is 0 Å². The highest BCUT2D eigenvalue weighted by Crippen LogP contribution is 2.15. The van der Waals surface area contributed by atoms with Crippen molar-refractivity contribution in [1.82, 2.24) is 5.32 Å². The molecule has 0 aliphatic rings. The molecule has 18 heavy (non-hydrogen) atoms. The molecule has 0 aliphatic carbocycles. The zero-order chi connectivity index (χ0) is 13.4. The molecule has 1 nitrogen and oxygen atoms in total. The lowest BCUT2D eigenvalue weighted by Gasteiger charge is -2.18. The number of nitrogens with one attached hydrogen (secondary N) is 1. The van der Waals surface area contributed by atoms with Crippen LogP contribution in [-0.4, -0.2) is 6.04 Å². The van der Waals surface area contributed by atoms with E-state index in [1.54, 1.807) is 12.1 Å². The van der Waals surface area contributed by atoms with Crippen molar-refractivity contribution in [3.05, 3.63) is 34.6 Å². The van der Waals surface area contributed by atoms with E-state index in [1.807, 2.05) is 0 Å². The lowest BCUT2D eigenvalue weighted by Crippen LogP contribution is -2.28. The van der Waals surface area contributed by atoms with E-state index in [0.717, 1.165) is 19.3 Å². The number of rotatable bonds is 8. The minimum Gasteiger partial charge on any atom is -0.310 e. The Morgan fingerprint density at radius 1 is 1.22 bits per heavy atom. The highest BCUT2D eigenvalue weighted by atomic mass is 35.5. The van der Waals surface area contributed by atoms with E-state index in [1.165, 1.54) is 18.9 Å². The fourth-order valence-corrected chi connectivity index (χ4v) is 2.28. The summed E-state index contributed by atoms with van der Waals surface area (Å²) in [7, 11) is 0. The summed E-state index contributed by atoms with van der Waals surface area (Å²) in [5.41, 5.74) is 0.653. The molecule has 0 radical (unpaired) electrons. The van der Waals surface area contributed by atoms with Crippen LogP contribution < -0.4 is 5.32 Å². The SMILES string of the molecule is CCCCC(CCC)NCc1cc(Cl)ccc1F. The molecule has 0 bridgehead atoms. The van der Waals surface area contributed by atoms with Gasteiger partial charge in [-0.15, -0.1) is 0 Å². The Labute approximate surface area is 115 Å². The number of halogens is 2. The first kappa shape index (κ1) is 15.5. The summed E-state index contributed by atoms with van der Waals surface area (Å²) in [5, 5.41) is 4.03. The summed E-state index contributed by atoms with van der Waals surface area (Å²) in [6, 6.07) is 5.20. The zero-order valence-corrected chi connectivity index (χ0v) is 12.1. The molecule has 0 saturated carbocycles. The average molecular weight is 272 g/mol. The van der Waals surface area contributed by atoms with Gasteiger partial charge in [0, 0.05) is 23.2 Å². The second-order valence-electron chi connectivity index (χ2n) is 4.74. The summed E-state index contributed by atoms with van der Waals surface area (Å²) in [6.07, 6.45) is 5.87. The highest BCUT2D eigenvalue weighted by Gasteiger charge is 2.08. The number of hydrogen-bond acceptors (Lipinski definition) is 1. The van der Waals surface area contributed by atoms with Gasteiger partial charge in [-0.1, -0.05) is 44.7 Å². The number of unbranched alkanes of at least 4 members (excludes halogenated alkanes) is 1. The third kappa shape index (κ3) is 5.36. The predicted octanol–water partition coefficient (Wildman–Crippen LogP) is 4.93. The van der Waals surface area contributed by atoms with Crippen LogP contribution in [-0.2, 0) is 6.54 Å². The second-order valence-corrected chi connectivity index (χ2v) is 5.18. The Hall–Kier alpha value is -0.600. The van der Waals surface area contributed by atoms with Gasteiger partial charge < -0.3 is 5.32 Å². The van der Waals surface area contributed by atoms with Gasteiger partial charge in [0.25, 0.3) is 0 Å². The summed E-state index contributed by atoms with van der Waals surface area (Å²) in [6.45, 7) is 4.93. The molecular formula is C15H23ClFN. The van der Waals surface area contributed by atoms with E-state index in [0.29, 0.717) is 23.2 Å². The zero-order valence-electron chi connectivity index (χ0n) is 11.3. The van der Waals surface area contributed by atoms with Crippen LogP contribution in [0.1, 0.15) is 51.5 Å². The lowest BCUT2D eigenvalue weighted by atomic mass is 10.0. The van der Waals surface area contributed by atoms with E-state index >= 15 is 0 Å². The van der Waals surface area contributed by atoms with Gasteiger partial charge in [0.1, 0.15) is 5.82 Å². The van der Waals surface area contributed by atoms with Crippen molar-refractivity contribution in [3.8, 4) is 0 Å². The smallest absolute Gasteiger partial charge is 0.127 e. The van der Waals surface area contributed by atoms with Crippen LogP contribution in [0.25, 0.3) is 0 Å². The minimum atomic E-state index is -0.183. The van der Waals surface area contributed by atoms with Crippen molar-refractivity contribution in [2.45, 2.75) is 58.5 Å². The Balaban J connectivity index is 2.52. The summed E-state index contributed by atoms with van der Waals surface area (Å²) >= 11 is 5.88. The molecular weight excluding hydrogens is 249 g/mol. The van der Waals surface area contributed by atoms with Crippen molar-refractivity contribution in [2.75, 3.05) is 0 Å². The van der Waals surface area contributed by atoms with Gasteiger partial charge in [0.05, 0.1) is 0 Å². The molecule has 0 heterocycles. The molecule has 0 spiro atoms. The fourth-order valence-electron chi connectivity index (χ4n) is 2.08. The maximum Gasteiger partial charge on any atom is 0.127 e. The summed E-state index contributed by atoms with van der Waals surface area (Å²) < 4.78 is 13.6. The molecule has 1 rings (SSSR count).